The lowest BCUT2D eigenvalue weighted by atomic mass is 10.0. The van der Waals surface area contributed by atoms with Crippen LogP contribution in [-0.2, 0) is 0 Å². The van der Waals surface area contributed by atoms with Crippen LogP contribution >= 0.6 is 11.6 Å². The number of hydrogen-bond acceptors (Lipinski definition) is 3. The largest absolute Gasteiger partial charge is 0.328 e. The highest BCUT2D eigenvalue weighted by Crippen LogP contribution is 2.27. The molecule has 0 saturated heterocycles. The number of carbonyl (C=O) groups excluding carboxylic acids is 1. The number of benzene rings is 2. The molecular formula is C21H18ClFN4O2. The third kappa shape index (κ3) is 4.39. The summed E-state index contributed by atoms with van der Waals surface area (Å²) in [7, 11) is 0. The molecule has 0 aliphatic rings. The summed E-state index contributed by atoms with van der Waals surface area (Å²) in [5.41, 5.74) is 0.859. The van der Waals surface area contributed by atoms with Gasteiger partial charge >= 0.3 is 6.03 Å². The number of anilines is 1. The van der Waals surface area contributed by atoms with Crippen LogP contribution in [0.25, 0.3) is 10.8 Å². The van der Waals surface area contributed by atoms with E-state index in [0.29, 0.717) is 11.1 Å². The van der Waals surface area contributed by atoms with Crippen molar-refractivity contribution in [2.24, 2.45) is 0 Å². The number of nitrogens with one attached hydrogen (secondary N) is 2. The number of rotatable bonds is 5. The molecule has 2 N–H and O–H groups in total. The molecule has 3 aromatic rings. The predicted octanol–water partition coefficient (Wildman–Crippen LogP) is 4.83. The Morgan fingerprint density at radius 1 is 1.31 bits per heavy atom. The van der Waals surface area contributed by atoms with Crippen LogP contribution in [0.4, 0.5) is 14.9 Å². The molecule has 1 heterocycles. The van der Waals surface area contributed by atoms with Crippen molar-refractivity contribution in [3.63, 3.8) is 0 Å². The molecule has 8 heteroatoms. The molecule has 148 valence electrons. The summed E-state index contributed by atoms with van der Waals surface area (Å²) in [6.45, 7) is 1.99. The summed E-state index contributed by atoms with van der Waals surface area (Å²) in [5.74, 6) is -0.584. The first-order valence-corrected chi connectivity index (χ1v) is 9.30. The van der Waals surface area contributed by atoms with Crippen molar-refractivity contribution in [1.29, 1.82) is 5.26 Å². The van der Waals surface area contributed by atoms with Crippen molar-refractivity contribution in [2.75, 3.05) is 11.9 Å². The third-order valence-electron chi connectivity index (χ3n) is 4.66. The average molecular weight is 413 g/mol. The minimum Gasteiger partial charge on any atom is -0.328 e. The fraction of sp³-hybridized carbons (Fsp3) is 0.190. The molecule has 1 aromatic heterocycles. The van der Waals surface area contributed by atoms with E-state index in [2.05, 4.69) is 10.3 Å². The van der Waals surface area contributed by atoms with Crippen LogP contribution in [0.5, 0.6) is 0 Å². The standard InChI is InChI=1S/C21H18ClFN4O2/c1-13(17-12-25-20(28)16-6-3-2-5-15(16)17)27(10-4-9-24)21(29)26-14-7-8-19(23)18(22)11-14/h2-3,5-8,11-13H,4,10H2,1H3,(H,25,28)(H,26,29). The van der Waals surface area contributed by atoms with E-state index in [1.165, 1.54) is 17.0 Å². The number of aromatic amines is 1. The SMILES string of the molecule is CC(c1c[nH]c(=O)c2ccccc12)N(CCC#N)C(=O)Nc1ccc(F)c(Cl)c1. The van der Waals surface area contributed by atoms with Gasteiger partial charge in [-0.25, -0.2) is 9.18 Å². The lowest BCUT2D eigenvalue weighted by molar-refractivity contribution is 0.195. The van der Waals surface area contributed by atoms with Gasteiger partial charge in [-0.1, -0.05) is 29.8 Å². The van der Waals surface area contributed by atoms with E-state index in [0.717, 1.165) is 17.0 Å². The Morgan fingerprint density at radius 2 is 2.03 bits per heavy atom. The van der Waals surface area contributed by atoms with Crippen LogP contribution in [-0.4, -0.2) is 22.5 Å². The maximum atomic E-state index is 13.4. The van der Waals surface area contributed by atoms with Crippen LogP contribution in [0, 0.1) is 17.1 Å². The fourth-order valence-electron chi connectivity index (χ4n) is 3.16. The first-order valence-electron chi connectivity index (χ1n) is 8.92. The van der Waals surface area contributed by atoms with Gasteiger partial charge in [0, 0.05) is 23.8 Å². The Hall–Kier alpha value is -3.37. The summed E-state index contributed by atoms with van der Waals surface area (Å²) < 4.78 is 13.4. The topological polar surface area (TPSA) is 89.0 Å². The molecule has 0 spiro atoms. The number of hydrogen-bond donors (Lipinski definition) is 2. The van der Waals surface area contributed by atoms with E-state index in [4.69, 9.17) is 16.9 Å². The molecule has 2 aromatic carbocycles. The Bertz CT molecular complexity index is 1160. The Balaban J connectivity index is 1.95. The Labute approximate surface area is 171 Å². The second-order valence-corrected chi connectivity index (χ2v) is 6.86. The highest BCUT2D eigenvalue weighted by molar-refractivity contribution is 6.31. The van der Waals surface area contributed by atoms with Crippen LogP contribution in [0.3, 0.4) is 0 Å². The van der Waals surface area contributed by atoms with Gasteiger partial charge in [-0.2, -0.15) is 5.26 Å². The molecule has 1 atom stereocenters. The van der Waals surface area contributed by atoms with Gasteiger partial charge in [0.2, 0.25) is 0 Å². The second-order valence-electron chi connectivity index (χ2n) is 6.46. The van der Waals surface area contributed by atoms with Crippen molar-refractivity contribution in [2.45, 2.75) is 19.4 Å². The number of amides is 2. The molecule has 2 amide bonds. The maximum Gasteiger partial charge on any atom is 0.322 e. The van der Waals surface area contributed by atoms with Crippen molar-refractivity contribution in [1.82, 2.24) is 9.88 Å². The minimum absolute atomic E-state index is 0.106. The molecule has 29 heavy (non-hydrogen) atoms. The van der Waals surface area contributed by atoms with Crippen molar-refractivity contribution >= 4 is 34.1 Å². The van der Waals surface area contributed by atoms with Gasteiger partial charge < -0.3 is 15.2 Å². The molecule has 0 saturated carbocycles. The van der Waals surface area contributed by atoms with Gasteiger partial charge in [0.1, 0.15) is 5.82 Å². The second kappa shape index (κ2) is 8.76. The van der Waals surface area contributed by atoms with Gasteiger partial charge in [0.05, 0.1) is 23.6 Å². The molecule has 1 unspecified atom stereocenters. The van der Waals surface area contributed by atoms with Crippen molar-refractivity contribution in [3.8, 4) is 6.07 Å². The van der Waals surface area contributed by atoms with E-state index >= 15 is 0 Å². The smallest absolute Gasteiger partial charge is 0.322 e. The number of H-pyrrole nitrogens is 1. The Kier molecular flexibility index (Phi) is 6.15. The fourth-order valence-corrected chi connectivity index (χ4v) is 3.34. The highest BCUT2D eigenvalue weighted by atomic mass is 35.5. The van der Waals surface area contributed by atoms with Crippen LogP contribution < -0.4 is 10.9 Å². The normalized spacial score (nSPS) is 11.7. The molecule has 0 fully saturated rings. The molecule has 0 radical (unpaired) electrons. The number of halogens is 2. The average Bonchev–Trinajstić information content (AvgIpc) is 2.71. The number of carbonyl (C=O) groups is 1. The van der Waals surface area contributed by atoms with Gasteiger partial charge in [-0.05, 0) is 42.1 Å². The molecule has 0 bridgehead atoms. The molecule has 0 aliphatic carbocycles. The summed E-state index contributed by atoms with van der Waals surface area (Å²) in [4.78, 5) is 29.2. The van der Waals surface area contributed by atoms with Gasteiger partial charge in [0.25, 0.3) is 5.56 Å². The first-order chi connectivity index (χ1) is 13.9. The number of pyridine rings is 1. The van der Waals surface area contributed by atoms with Crippen molar-refractivity contribution in [3.05, 3.63) is 75.4 Å². The molecule has 3 rings (SSSR count). The molecule has 0 aliphatic heterocycles. The number of fused-ring (bicyclic) bond motifs is 1. The number of aromatic nitrogens is 1. The summed E-state index contributed by atoms with van der Waals surface area (Å²) in [6.07, 6.45) is 1.71. The monoisotopic (exact) mass is 412 g/mol. The highest BCUT2D eigenvalue weighted by Gasteiger charge is 2.23. The van der Waals surface area contributed by atoms with E-state index < -0.39 is 17.9 Å². The molecule has 6 nitrogen and oxygen atoms in total. The summed E-state index contributed by atoms with van der Waals surface area (Å²) in [5, 5.41) is 12.8. The zero-order valence-corrected chi connectivity index (χ0v) is 16.3. The predicted molar refractivity (Wildman–Crippen MR) is 110 cm³/mol. The number of nitriles is 1. The number of nitrogens with zero attached hydrogens (tertiary/aromatic N) is 2. The number of urea groups is 1. The summed E-state index contributed by atoms with van der Waals surface area (Å²) in [6, 6.07) is 12.1. The van der Waals surface area contributed by atoms with E-state index in [1.807, 2.05) is 25.1 Å². The van der Waals surface area contributed by atoms with Crippen LogP contribution in [0.15, 0.2) is 53.5 Å². The minimum atomic E-state index is -0.584. The van der Waals surface area contributed by atoms with E-state index in [1.54, 1.807) is 18.3 Å². The molecular weight excluding hydrogens is 395 g/mol. The third-order valence-corrected chi connectivity index (χ3v) is 4.94. The van der Waals surface area contributed by atoms with E-state index in [-0.39, 0.29) is 23.5 Å². The zero-order valence-electron chi connectivity index (χ0n) is 15.6. The lowest BCUT2D eigenvalue weighted by Gasteiger charge is -2.29. The van der Waals surface area contributed by atoms with Crippen LogP contribution in [0.2, 0.25) is 5.02 Å². The van der Waals surface area contributed by atoms with Gasteiger partial charge in [0.15, 0.2) is 0 Å². The maximum absolute atomic E-state index is 13.4. The first kappa shape index (κ1) is 20.4. The zero-order chi connectivity index (χ0) is 21.0. The lowest BCUT2D eigenvalue weighted by Crippen LogP contribution is -2.38. The van der Waals surface area contributed by atoms with Gasteiger partial charge in [-0.3, -0.25) is 4.79 Å². The van der Waals surface area contributed by atoms with Crippen LogP contribution in [0.1, 0.15) is 24.9 Å². The Morgan fingerprint density at radius 3 is 2.72 bits per heavy atom. The van der Waals surface area contributed by atoms with Gasteiger partial charge in [-0.15, -0.1) is 0 Å². The quantitative estimate of drug-likeness (QED) is 0.629. The van der Waals surface area contributed by atoms with E-state index in [9.17, 15) is 14.0 Å². The van der Waals surface area contributed by atoms with Crippen molar-refractivity contribution < 1.29 is 9.18 Å². The summed E-state index contributed by atoms with van der Waals surface area (Å²) >= 11 is 5.78.